The SMILES string of the molecule is CNCC(=O)c1c[nH]c2c(OC)cc(C)cc12. The number of hydrogen-bond donors (Lipinski definition) is 2. The molecule has 0 unspecified atom stereocenters. The summed E-state index contributed by atoms with van der Waals surface area (Å²) in [7, 11) is 3.39. The van der Waals surface area contributed by atoms with E-state index in [9.17, 15) is 4.79 Å². The third kappa shape index (κ3) is 2.03. The fourth-order valence-corrected chi connectivity index (χ4v) is 1.98. The Bertz CT molecular complexity index is 558. The molecule has 4 nitrogen and oxygen atoms in total. The second-order valence-electron chi connectivity index (χ2n) is 4.05. The number of carbonyl (C=O) groups excluding carboxylic acids is 1. The zero-order chi connectivity index (χ0) is 12.4. The van der Waals surface area contributed by atoms with E-state index in [4.69, 9.17) is 4.74 Å². The monoisotopic (exact) mass is 232 g/mol. The van der Waals surface area contributed by atoms with Crippen LogP contribution in [0.15, 0.2) is 18.3 Å². The first kappa shape index (κ1) is 11.7. The molecular weight excluding hydrogens is 216 g/mol. The summed E-state index contributed by atoms with van der Waals surface area (Å²) in [6, 6.07) is 3.95. The number of aromatic nitrogens is 1. The van der Waals surface area contributed by atoms with E-state index in [2.05, 4.69) is 10.3 Å². The molecule has 0 saturated carbocycles. The van der Waals surface area contributed by atoms with E-state index in [0.717, 1.165) is 22.2 Å². The van der Waals surface area contributed by atoms with E-state index in [1.807, 2.05) is 19.1 Å². The number of H-pyrrole nitrogens is 1. The molecule has 1 aromatic heterocycles. The van der Waals surface area contributed by atoms with Crippen LogP contribution in [0.2, 0.25) is 0 Å². The van der Waals surface area contributed by atoms with Gasteiger partial charge in [0.25, 0.3) is 0 Å². The van der Waals surface area contributed by atoms with E-state index in [0.29, 0.717) is 12.1 Å². The Labute approximate surface area is 100.0 Å². The molecule has 0 saturated heterocycles. The summed E-state index contributed by atoms with van der Waals surface area (Å²) in [5.74, 6) is 0.843. The van der Waals surface area contributed by atoms with Gasteiger partial charge in [0, 0.05) is 17.1 Å². The van der Waals surface area contributed by atoms with Crippen LogP contribution in [-0.2, 0) is 0 Å². The first-order chi connectivity index (χ1) is 8.17. The van der Waals surface area contributed by atoms with Gasteiger partial charge in [-0.05, 0) is 31.7 Å². The maximum Gasteiger partial charge on any atom is 0.178 e. The van der Waals surface area contributed by atoms with Gasteiger partial charge in [-0.25, -0.2) is 0 Å². The van der Waals surface area contributed by atoms with Gasteiger partial charge >= 0.3 is 0 Å². The van der Waals surface area contributed by atoms with Crippen molar-refractivity contribution in [1.29, 1.82) is 0 Å². The lowest BCUT2D eigenvalue weighted by Gasteiger charge is -2.04. The molecule has 0 atom stereocenters. The molecule has 2 N–H and O–H groups in total. The molecule has 0 bridgehead atoms. The van der Waals surface area contributed by atoms with E-state index in [1.165, 1.54) is 0 Å². The number of aryl methyl sites for hydroxylation is 1. The second kappa shape index (κ2) is 4.59. The number of likely N-dealkylation sites (N-methyl/N-ethyl adjacent to an activating group) is 1. The predicted octanol–water partition coefficient (Wildman–Crippen LogP) is 1.89. The molecule has 0 aliphatic heterocycles. The highest BCUT2D eigenvalue weighted by Gasteiger charge is 2.14. The topological polar surface area (TPSA) is 54.1 Å². The third-order valence-corrected chi connectivity index (χ3v) is 2.76. The molecule has 90 valence electrons. The van der Waals surface area contributed by atoms with Gasteiger partial charge in [0.05, 0.1) is 19.2 Å². The molecule has 2 aromatic rings. The Morgan fingerprint density at radius 1 is 1.47 bits per heavy atom. The smallest absolute Gasteiger partial charge is 0.178 e. The van der Waals surface area contributed by atoms with Gasteiger partial charge in [-0.1, -0.05) is 0 Å². The standard InChI is InChI=1S/C13H16N2O2/c1-8-4-9-10(11(16)7-14-2)6-15-13(9)12(5-8)17-3/h4-6,14-15H,7H2,1-3H3. The van der Waals surface area contributed by atoms with Crippen LogP contribution in [0.4, 0.5) is 0 Å². The van der Waals surface area contributed by atoms with Crippen molar-refractivity contribution in [3.05, 3.63) is 29.5 Å². The largest absolute Gasteiger partial charge is 0.495 e. The van der Waals surface area contributed by atoms with Gasteiger partial charge in [-0.2, -0.15) is 0 Å². The minimum Gasteiger partial charge on any atom is -0.495 e. The Balaban J connectivity index is 2.60. The van der Waals surface area contributed by atoms with Crippen LogP contribution in [0.5, 0.6) is 5.75 Å². The summed E-state index contributed by atoms with van der Waals surface area (Å²) in [6.45, 7) is 2.32. The van der Waals surface area contributed by atoms with Gasteiger partial charge in [-0.3, -0.25) is 4.79 Å². The molecule has 0 spiro atoms. The number of fused-ring (bicyclic) bond motifs is 1. The third-order valence-electron chi connectivity index (χ3n) is 2.76. The first-order valence-electron chi connectivity index (χ1n) is 5.51. The van der Waals surface area contributed by atoms with Gasteiger partial charge in [0.1, 0.15) is 5.75 Å². The van der Waals surface area contributed by atoms with E-state index < -0.39 is 0 Å². The molecular formula is C13H16N2O2. The number of aromatic amines is 1. The van der Waals surface area contributed by atoms with Crippen molar-refractivity contribution in [2.75, 3.05) is 20.7 Å². The van der Waals surface area contributed by atoms with Crippen LogP contribution in [0.25, 0.3) is 10.9 Å². The molecule has 0 aliphatic carbocycles. The molecule has 2 rings (SSSR count). The summed E-state index contributed by atoms with van der Waals surface area (Å²) in [6.07, 6.45) is 1.74. The van der Waals surface area contributed by atoms with Crippen LogP contribution in [0.3, 0.4) is 0 Å². The lowest BCUT2D eigenvalue weighted by Crippen LogP contribution is -2.18. The number of nitrogens with one attached hydrogen (secondary N) is 2. The highest BCUT2D eigenvalue weighted by atomic mass is 16.5. The molecule has 0 amide bonds. The van der Waals surface area contributed by atoms with Crippen LogP contribution >= 0.6 is 0 Å². The normalized spacial score (nSPS) is 10.8. The zero-order valence-electron chi connectivity index (χ0n) is 10.3. The van der Waals surface area contributed by atoms with Crippen molar-refractivity contribution >= 4 is 16.7 Å². The second-order valence-corrected chi connectivity index (χ2v) is 4.05. The molecule has 0 radical (unpaired) electrons. The van der Waals surface area contributed by atoms with Gasteiger partial charge < -0.3 is 15.0 Å². The van der Waals surface area contributed by atoms with Crippen LogP contribution in [0, 0.1) is 6.92 Å². The Kier molecular flexibility index (Phi) is 3.15. The van der Waals surface area contributed by atoms with Crippen LogP contribution < -0.4 is 10.1 Å². The van der Waals surface area contributed by atoms with E-state index in [1.54, 1.807) is 20.4 Å². The number of rotatable bonds is 4. The van der Waals surface area contributed by atoms with Crippen LogP contribution in [-0.4, -0.2) is 31.5 Å². The van der Waals surface area contributed by atoms with Gasteiger partial charge in [-0.15, -0.1) is 0 Å². The summed E-state index contributed by atoms with van der Waals surface area (Å²) >= 11 is 0. The molecule has 17 heavy (non-hydrogen) atoms. The van der Waals surface area contributed by atoms with Crippen molar-refractivity contribution in [1.82, 2.24) is 10.3 Å². The average molecular weight is 232 g/mol. The summed E-state index contributed by atoms with van der Waals surface area (Å²) in [5.41, 5.74) is 2.65. The lowest BCUT2D eigenvalue weighted by molar-refractivity contribution is 0.0995. The number of ether oxygens (including phenoxy) is 1. The number of methoxy groups -OCH3 is 1. The summed E-state index contributed by atoms with van der Waals surface area (Å²) in [5, 5.41) is 3.79. The molecule has 1 aromatic carbocycles. The van der Waals surface area contributed by atoms with Crippen molar-refractivity contribution in [3.8, 4) is 5.75 Å². The Hall–Kier alpha value is -1.81. The van der Waals surface area contributed by atoms with E-state index >= 15 is 0 Å². The summed E-state index contributed by atoms with van der Waals surface area (Å²) in [4.78, 5) is 15.0. The van der Waals surface area contributed by atoms with Gasteiger partial charge in [0.15, 0.2) is 5.78 Å². The number of benzene rings is 1. The Morgan fingerprint density at radius 3 is 2.88 bits per heavy atom. The first-order valence-corrected chi connectivity index (χ1v) is 5.51. The lowest BCUT2D eigenvalue weighted by atomic mass is 10.1. The zero-order valence-corrected chi connectivity index (χ0v) is 10.3. The number of carbonyl (C=O) groups is 1. The maximum atomic E-state index is 11.9. The fourth-order valence-electron chi connectivity index (χ4n) is 1.98. The average Bonchev–Trinajstić information content (AvgIpc) is 2.71. The van der Waals surface area contributed by atoms with Crippen molar-refractivity contribution in [3.63, 3.8) is 0 Å². The number of ketones is 1. The quantitative estimate of drug-likeness (QED) is 0.791. The van der Waals surface area contributed by atoms with Crippen molar-refractivity contribution in [2.24, 2.45) is 0 Å². The molecule has 0 aliphatic rings. The summed E-state index contributed by atoms with van der Waals surface area (Å²) < 4.78 is 5.30. The predicted molar refractivity (Wildman–Crippen MR) is 67.8 cm³/mol. The molecule has 1 heterocycles. The minimum absolute atomic E-state index is 0.0754. The van der Waals surface area contributed by atoms with Gasteiger partial charge in [0.2, 0.25) is 0 Å². The molecule has 4 heteroatoms. The van der Waals surface area contributed by atoms with Crippen molar-refractivity contribution in [2.45, 2.75) is 6.92 Å². The molecule has 0 fully saturated rings. The highest BCUT2D eigenvalue weighted by molar-refractivity contribution is 6.10. The van der Waals surface area contributed by atoms with E-state index in [-0.39, 0.29) is 5.78 Å². The minimum atomic E-state index is 0.0754. The fraction of sp³-hybridized carbons (Fsp3) is 0.308. The Morgan fingerprint density at radius 2 is 2.24 bits per heavy atom. The number of hydrogen-bond acceptors (Lipinski definition) is 3. The maximum absolute atomic E-state index is 11.9. The van der Waals surface area contributed by atoms with Crippen molar-refractivity contribution < 1.29 is 9.53 Å². The highest BCUT2D eigenvalue weighted by Crippen LogP contribution is 2.29. The van der Waals surface area contributed by atoms with Crippen LogP contribution in [0.1, 0.15) is 15.9 Å². The number of Topliss-reactive ketones (excluding diaryl/α,β-unsaturated/α-hetero) is 1.